The van der Waals surface area contributed by atoms with Gasteiger partial charge in [-0.05, 0) is 28.6 Å². The minimum Gasteiger partial charge on any atom is -0.489 e. The number of carbonyl (C=O) groups is 2. The number of amides is 2. The molecule has 1 aliphatic heterocycles. The van der Waals surface area contributed by atoms with Crippen molar-refractivity contribution in [2.24, 2.45) is 10.2 Å². The summed E-state index contributed by atoms with van der Waals surface area (Å²) in [4.78, 5) is 38.0. The SMILES string of the molecule is CCC(COC)N1C(=O)c2cccc(N=N/C(=C(\OC)c3ccccc3)[N+](=O)[O-])c2C1=O. The Morgan fingerprint density at radius 2 is 1.81 bits per heavy atom. The molecule has 0 saturated heterocycles. The Kier molecular flexibility index (Phi) is 7.06. The lowest BCUT2D eigenvalue weighted by atomic mass is 10.1. The first-order chi connectivity index (χ1) is 15.4. The van der Waals surface area contributed by atoms with Crippen LogP contribution in [0.1, 0.15) is 39.6 Å². The van der Waals surface area contributed by atoms with E-state index in [1.165, 1.54) is 26.4 Å². The number of ether oxygens (including phenoxy) is 2. The highest BCUT2D eigenvalue weighted by Gasteiger charge is 2.41. The maximum Gasteiger partial charge on any atom is 0.433 e. The number of rotatable bonds is 9. The van der Waals surface area contributed by atoms with Crippen LogP contribution in [0.5, 0.6) is 0 Å². The van der Waals surface area contributed by atoms with Crippen molar-refractivity contribution in [2.45, 2.75) is 19.4 Å². The molecule has 10 nitrogen and oxygen atoms in total. The Bertz CT molecular complexity index is 1100. The summed E-state index contributed by atoms with van der Waals surface area (Å²) >= 11 is 0. The number of hydrogen-bond acceptors (Lipinski definition) is 8. The van der Waals surface area contributed by atoms with Gasteiger partial charge >= 0.3 is 5.82 Å². The van der Waals surface area contributed by atoms with Crippen molar-refractivity contribution in [2.75, 3.05) is 20.8 Å². The van der Waals surface area contributed by atoms with Crippen LogP contribution >= 0.6 is 0 Å². The third-order valence-electron chi connectivity index (χ3n) is 4.99. The van der Waals surface area contributed by atoms with Crippen molar-refractivity contribution in [1.82, 2.24) is 4.90 Å². The molecule has 0 radical (unpaired) electrons. The lowest BCUT2D eigenvalue weighted by Gasteiger charge is -2.24. The number of nitrogens with zero attached hydrogens (tertiary/aromatic N) is 4. The zero-order valence-corrected chi connectivity index (χ0v) is 17.8. The Morgan fingerprint density at radius 1 is 1.09 bits per heavy atom. The van der Waals surface area contributed by atoms with Gasteiger partial charge in [-0.25, -0.2) is 0 Å². The van der Waals surface area contributed by atoms with Crippen LogP contribution in [0.3, 0.4) is 0 Å². The predicted octanol–water partition coefficient (Wildman–Crippen LogP) is 4.04. The Morgan fingerprint density at radius 3 is 2.41 bits per heavy atom. The summed E-state index contributed by atoms with van der Waals surface area (Å²) in [6.45, 7) is 2.04. The highest BCUT2D eigenvalue weighted by molar-refractivity contribution is 6.23. The van der Waals surface area contributed by atoms with E-state index < -0.39 is 28.6 Å². The molecule has 0 N–H and O–H groups in total. The van der Waals surface area contributed by atoms with Gasteiger partial charge in [0, 0.05) is 12.7 Å². The van der Waals surface area contributed by atoms with Crippen LogP contribution in [-0.4, -0.2) is 48.5 Å². The summed E-state index contributed by atoms with van der Waals surface area (Å²) in [7, 11) is 2.79. The minimum absolute atomic E-state index is 0.0529. The van der Waals surface area contributed by atoms with Gasteiger partial charge in [-0.1, -0.05) is 43.3 Å². The van der Waals surface area contributed by atoms with Gasteiger partial charge in [-0.3, -0.25) is 14.5 Å². The van der Waals surface area contributed by atoms with E-state index in [0.29, 0.717) is 12.0 Å². The zero-order chi connectivity index (χ0) is 23.3. The van der Waals surface area contributed by atoms with Crippen LogP contribution in [0.15, 0.2) is 64.6 Å². The Hall–Kier alpha value is -3.92. The normalized spacial score (nSPS) is 15.0. The standard InChI is InChI=1S/C22H22N4O6/c1-4-15(13-31-2)25-21(27)16-11-8-12-17(18(16)22(25)28)23-24-20(26(29)30)19(32-3)14-9-6-5-7-10-14/h5-12,15H,4,13H2,1-3H3/b20-19+,24-23?. The van der Waals surface area contributed by atoms with Gasteiger partial charge in [0.15, 0.2) is 0 Å². The van der Waals surface area contributed by atoms with Crippen molar-refractivity contribution < 1.29 is 24.0 Å². The fourth-order valence-corrected chi connectivity index (χ4v) is 3.46. The Labute approximate surface area is 184 Å². The highest BCUT2D eigenvalue weighted by atomic mass is 16.6. The van der Waals surface area contributed by atoms with Gasteiger partial charge < -0.3 is 19.6 Å². The molecule has 1 unspecified atom stereocenters. The first-order valence-electron chi connectivity index (χ1n) is 9.84. The largest absolute Gasteiger partial charge is 0.489 e. The summed E-state index contributed by atoms with van der Waals surface area (Å²) in [5, 5.41) is 19.4. The first kappa shape index (κ1) is 22.8. The summed E-state index contributed by atoms with van der Waals surface area (Å²) in [5.74, 6) is -1.71. The molecule has 0 bridgehead atoms. The van der Waals surface area contributed by atoms with Gasteiger partial charge in [0.2, 0.25) is 5.76 Å². The number of hydrogen-bond donors (Lipinski definition) is 0. The van der Waals surface area contributed by atoms with E-state index in [4.69, 9.17) is 9.47 Å². The second kappa shape index (κ2) is 9.92. The monoisotopic (exact) mass is 438 g/mol. The van der Waals surface area contributed by atoms with Crippen LogP contribution in [0, 0.1) is 10.1 Å². The predicted molar refractivity (Wildman–Crippen MR) is 115 cm³/mol. The van der Waals surface area contributed by atoms with Crippen molar-refractivity contribution >= 4 is 23.3 Å². The maximum absolute atomic E-state index is 13.1. The first-order valence-corrected chi connectivity index (χ1v) is 9.84. The molecule has 0 fully saturated rings. The molecule has 2 aromatic rings. The molecule has 10 heteroatoms. The van der Waals surface area contributed by atoms with E-state index in [0.717, 1.165) is 4.90 Å². The minimum atomic E-state index is -0.719. The van der Waals surface area contributed by atoms with Crippen LogP contribution in [0.4, 0.5) is 5.69 Å². The van der Waals surface area contributed by atoms with E-state index in [-0.39, 0.29) is 29.2 Å². The lowest BCUT2D eigenvalue weighted by molar-refractivity contribution is -0.426. The van der Waals surface area contributed by atoms with Crippen LogP contribution in [0.2, 0.25) is 0 Å². The van der Waals surface area contributed by atoms with Crippen LogP contribution < -0.4 is 0 Å². The highest BCUT2D eigenvalue weighted by Crippen LogP contribution is 2.34. The summed E-state index contributed by atoms with van der Waals surface area (Å²) in [6.07, 6.45) is 0.513. The quantitative estimate of drug-likeness (QED) is 0.191. The van der Waals surface area contributed by atoms with Crippen molar-refractivity contribution in [1.29, 1.82) is 0 Å². The number of fused-ring (bicyclic) bond motifs is 1. The number of imide groups is 1. The molecule has 0 aliphatic carbocycles. The van der Waals surface area contributed by atoms with Crippen molar-refractivity contribution in [3.8, 4) is 0 Å². The molecule has 1 atom stereocenters. The summed E-state index contributed by atoms with van der Waals surface area (Å²) in [6, 6.07) is 12.5. The van der Waals surface area contributed by atoms with E-state index in [2.05, 4.69) is 10.2 Å². The lowest BCUT2D eigenvalue weighted by Crippen LogP contribution is -2.42. The maximum atomic E-state index is 13.1. The number of carbonyl (C=O) groups excluding carboxylic acids is 2. The third kappa shape index (κ3) is 4.26. The van der Waals surface area contributed by atoms with Gasteiger partial charge in [0.05, 0.1) is 36.0 Å². The van der Waals surface area contributed by atoms with Crippen molar-refractivity contribution in [3.63, 3.8) is 0 Å². The second-order valence-electron chi connectivity index (χ2n) is 6.88. The Balaban J connectivity index is 2.05. The van der Waals surface area contributed by atoms with E-state index in [1.54, 1.807) is 36.4 Å². The molecule has 0 saturated carbocycles. The third-order valence-corrected chi connectivity index (χ3v) is 4.99. The fourth-order valence-electron chi connectivity index (χ4n) is 3.46. The molecule has 2 amide bonds. The molecule has 0 aromatic heterocycles. The number of benzene rings is 2. The summed E-state index contributed by atoms with van der Waals surface area (Å²) < 4.78 is 10.3. The molecule has 166 valence electrons. The van der Waals surface area contributed by atoms with Crippen LogP contribution in [0.25, 0.3) is 5.76 Å². The number of methoxy groups -OCH3 is 2. The number of nitro groups is 1. The van der Waals surface area contributed by atoms with Crippen molar-refractivity contribution in [3.05, 3.63) is 81.2 Å². The average Bonchev–Trinajstić information content (AvgIpc) is 3.06. The molecule has 0 spiro atoms. The van der Waals surface area contributed by atoms with Gasteiger partial charge in [0.1, 0.15) is 5.69 Å². The average molecular weight is 438 g/mol. The molecular formula is C22H22N4O6. The van der Waals surface area contributed by atoms with Gasteiger partial charge in [0.25, 0.3) is 11.8 Å². The van der Waals surface area contributed by atoms with Gasteiger partial charge in [-0.2, -0.15) is 0 Å². The molecule has 32 heavy (non-hydrogen) atoms. The molecule has 3 rings (SSSR count). The van der Waals surface area contributed by atoms with Crippen LogP contribution in [-0.2, 0) is 9.47 Å². The van der Waals surface area contributed by atoms with Gasteiger partial charge in [-0.15, -0.1) is 0 Å². The molecular weight excluding hydrogens is 416 g/mol. The molecule has 1 heterocycles. The van der Waals surface area contributed by atoms with E-state index in [9.17, 15) is 19.7 Å². The second-order valence-corrected chi connectivity index (χ2v) is 6.88. The number of azo groups is 1. The van der Waals surface area contributed by atoms with E-state index in [1.807, 2.05) is 6.92 Å². The fraction of sp³-hybridized carbons (Fsp3) is 0.273. The molecule has 1 aliphatic rings. The smallest absolute Gasteiger partial charge is 0.433 e. The topological polar surface area (TPSA) is 124 Å². The van der Waals surface area contributed by atoms with E-state index >= 15 is 0 Å². The summed E-state index contributed by atoms with van der Waals surface area (Å²) in [5.41, 5.74) is 0.722. The zero-order valence-electron chi connectivity index (χ0n) is 17.8. The molecule has 2 aromatic carbocycles.